The lowest BCUT2D eigenvalue weighted by molar-refractivity contribution is 0.102. The Balaban J connectivity index is 1.75. The van der Waals surface area contributed by atoms with Crippen molar-refractivity contribution in [2.24, 2.45) is 0 Å². The summed E-state index contributed by atoms with van der Waals surface area (Å²) >= 11 is 7.04. The number of nitrogens with one attached hydrogen (secondary N) is 1. The molecule has 3 rings (SSSR count). The van der Waals surface area contributed by atoms with Gasteiger partial charge in [-0.1, -0.05) is 35.9 Å². The summed E-state index contributed by atoms with van der Waals surface area (Å²) in [5.74, 6) is -0.276. The van der Waals surface area contributed by atoms with Gasteiger partial charge in [0.1, 0.15) is 5.01 Å². The van der Waals surface area contributed by atoms with E-state index in [-0.39, 0.29) is 16.8 Å². The molecule has 7 nitrogen and oxygen atoms in total. The molecule has 1 atom stereocenters. The van der Waals surface area contributed by atoms with Gasteiger partial charge in [-0.3, -0.25) is 4.79 Å². The van der Waals surface area contributed by atoms with Crippen LogP contribution in [0.2, 0.25) is 5.02 Å². The zero-order chi connectivity index (χ0) is 18.7. The van der Waals surface area contributed by atoms with Crippen LogP contribution in [0.4, 0.5) is 5.69 Å². The normalized spacial score (nSPS) is 18.2. The van der Waals surface area contributed by atoms with E-state index < -0.39 is 15.9 Å². The molecule has 26 heavy (non-hydrogen) atoms. The van der Waals surface area contributed by atoms with Gasteiger partial charge in [0, 0.05) is 17.3 Å². The number of hydrogen-bond donors (Lipinski definition) is 1. The summed E-state index contributed by atoms with van der Waals surface area (Å²) in [6.07, 6.45) is 2.03. The SMILES string of the molecule is CCCS(=O)(=O)N1CCC[C@H]1c1nnc(C(=O)Nc2cccc(Cl)c2)s1. The van der Waals surface area contributed by atoms with Crippen molar-refractivity contribution >= 4 is 44.6 Å². The molecule has 1 saturated heterocycles. The van der Waals surface area contributed by atoms with Gasteiger partial charge >= 0.3 is 0 Å². The molecule has 2 aromatic rings. The number of hydrogen-bond acceptors (Lipinski definition) is 6. The van der Waals surface area contributed by atoms with Crippen molar-refractivity contribution in [3.8, 4) is 0 Å². The molecular weight excluding hydrogens is 396 g/mol. The van der Waals surface area contributed by atoms with Crippen molar-refractivity contribution in [2.45, 2.75) is 32.2 Å². The third-order valence-corrected chi connectivity index (χ3v) is 7.36. The van der Waals surface area contributed by atoms with E-state index in [0.717, 1.165) is 17.8 Å². The van der Waals surface area contributed by atoms with E-state index in [1.807, 2.05) is 6.92 Å². The van der Waals surface area contributed by atoms with E-state index in [1.165, 1.54) is 4.31 Å². The number of aromatic nitrogens is 2. The van der Waals surface area contributed by atoms with Crippen molar-refractivity contribution < 1.29 is 13.2 Å². The fraction of sp³-hybridized carbons (Fsp3) is 0.438. The quantitative estimate of drug-likeness (QED) is 0.782. The predicted molar refractivity (Wildman–Crippen MR) is 102 cm³/mol. The van der Waals surface area contributed by atoms with Gasteiger partial charge < -0.3 is 5.32 Å². The highest BCUT2D eigenvalue weighted by Crippen LogP contribution is 2.36. The van der Waals surface area contributed by atoms with Gasteiger partial charge in [0.05, 0.1) is 11.8 Å². The first kappa shape index (κ1) is 19.2. The maximum atomic E-state index is 12.4. The molecule has 1 N–H and O–H groups in total. The molecule has 2 heterocycles. The average molecular weight is 415 g/mol. The highest BCUT2D eigenvalue weighted by molar-refractivity contribution is 7.89. The van der Waals surface area contributed by atoms with E-state index in [0.29, 0.717) is 35.1 Å². The maximum absolute atomic E-state index is 12.4. The van der Waals surface area contributed by atoms with Crippen molar-refractivity contribution in [1.82, 2.24) is 14.5 Å². The molecule has 0 spiro atoms. The van der Waals surface area contributed by atoms with E-state index in [4.69, 9.17) is 11.6 Å². The Bertz CT molecular complexity index is 900. The van der Waals surface area contributed by atoms with Crippen molar-refractivity contribution in [1.29, 1.82) is 0 Å². The molecule has 0 radical (unpaired) electrons. The number of nitrogens with zero attached hydrogens (tertiary/aromatic N) is 3. The monoisotopic (exact) mass is 414 g/mol. The Hall–Kier alpha value is -1.55. The van der Waals surface area contributed by atoms with Gasteiger partial charge in [-0.15, -0.1) is 10.2 Å². The number of sulfonamides is 1. The van der Waals surface area contributed by atoms with Crippen molar-refractivity contribution in [3.05, 3.63) is 39.3 Å². The summed E-state index contributed by atoms with van der Waals surface area (Å²) in [4.78, 5) is 12.4. The van der Waals surface area contributed by atoms with Crippen LogP contribution >= 0.6 is 22.9 Å². The number of carbonyl (C=O) groups is 1. The van der Waals surface area contributed by atoms with Crippen LogP contribution in [0.15, 0.2) is 24.3 Å². The molecule has 0 saturated carbocycles. The summed E-state index contributed by atoms with van der Waals surface area (Å²) < 4.78 is 26.3. The van der Waals surface area contributed by atoms with Gasteiger partial charge in [-0.25, -0.2) is 8.42 Å². The van der Waals surface area contributed by atoms with Gasteiger partial charge in [0.2, 0.25) is 15.0 Å². The number of rotatable bonds is 6. The number of anilines is 1. The molecule has 140 valence electrons. The second-order valence-electron chi connectivity index (χ2n) is 5.99. The van der Waals surface area contributed by atoms with E-state index in [1.54, 1.807) is 24.3 Å². The summed E-state index contributed by atoms with van der Waals surface area (Å²) in [6.45, 7) is 2.32. The smallest absolute Gasteiger partial charge is 0.286 e. The third-order valence-electron chi connectivity index (χ3n) is 4.03. The number of amides is 1. The van der Waals surface area contributed by atoms with Gasteiger partial charge in [-0.2, -0.15) is 4.31 Å². The van der Waals surface area contributed by atoms with E-state index in [2.05, 4.69) is 15.5 Å². The van der Waals surface area contributed by atoms with Gasteiger partial charge in [0.25, 0.3) is 5.91 Å². The van der Waals surface area contributed by atoms with Crippen molar-refractivity contribution in [3.63, 3.8) is 0 Å². The molecule has 1 aliphatic heterocycles. The first-order chi connectivity index (χ1) is 12.4. The van der Waals surface area contributed by atoms with Crippen LogP contribution in [0.25, 0.3) is 0 Å². The fourth-order valence-corrected chi connectivity index (χ4v) is 5.80. The lowest BCUT2D eigenvalue weighted by Crippen LogP contribution is -2.32. The Morgan fingerprint density at radius 2 is 2.23 bits per heavy atom. The average Bonchev–Trinajstić information content (AvgIpc) is 3.24. The summed E-state index contributed by atoms with van der Waals surface area (Å²) in [6, 6.07) is 6.47. The molecule has 1 fully saturated rings. The molecule has 0 unspecified atom stereocenters. The maximum Gasteiger partial charge on any atom is 0.286 e. The Labute approximate surface area is 161 Å². The van der Waals surface area contributed by atoms with Crippen LogP contribution < -0.4 is 5.32 Å². The summed E-state index contributed by atoms with van der Waals surface area (Å²) in [5.41, 5.74) is 0.562. The van der Waals surface area contributed by atoms with Crippen LogP contribution in [-0.4, -0.2) is 41.1 Å². The number of benzene rings is 1. The van der Waals surface area contributed by atoms with Gasteiger partial charge in [-0.05, 0) is 37.5 Å². The van der Waals surface area contributed by atoms with Crippen LogP contribution in [0.1, 0.15) is 47.0 Å². The van der Waals surface area contributed by atoms with E-state index >= 15 is 0 Å². The minimum Gasteiger partial charge on any atom is -0.320 e. The molecule has 0 bridgehead atoms. The minimum absolute atomic E-state index is 0.115. The molecule has 1 aliphatic rings. The highest BCUT2D eigenvalue weighted by Gasteiger charge is 2.37. The Morgan fingerprint density at radius 1 is 1.42 bits per heavy atom. The topological polar surface area (TPSA) is 92.3 Å². The predicted octanol–water partition coefficient (Wildman–Crippen LogP) is 3.32. The van der Waals surface area contributed by atoms with Crippen LogP contribution in [0, 0.1) is 0 Å². The van der Waals surface area contributed by atoms with Gasteiger partial charge in [0.15, 0.2) is 0 Å². The minimum atomic E-state index is -3.31. The third kappa shape index (κ3) is 4.22. The standard InChI is InChI=1S/C16H19ClN4O3S2/c1-2-9-26(23,24)21-8-4-7-13(21)15-19-20-16(25-15)14(22)18-12-6-3-5-11(17)10-12/h3,5-6,10,13H,2,4,7-9H2,1H3,(H,18,22)/t13-/m0/s1. The van der Waals surface area contributed by atoms with Crippen LogP contribution in [-0.2, 0) is 10.0 Å². The molecule has 0 aliphatic carbocycles. The second kappa shape index (κ2) is 7.99. The van der Waals surface area contributed by atoms with Crippen molar-refractivity contribution in [2.75, 3.05) is 17.6 Å². The molecular formula is C16H19ClN4O3S2. The second-order valence-corrected chi connectivity index (χ2v) is 9.48. The largest absolute Gasteiger partial charge is 0.320 e. The number of halogens is 1. The summed E-state index contributed by atoms with van der Waals surface area (Å²) in [5, 5.41) is 12.0. The number of carbonyl (C=O) groups excluding carboxylic acids is 1. The molecule has 1 aromatic carbocycles. The zero-order valence-electron chi connectivity index (χ0n) is 14.2. The Kier molecular flexibility index (Phi) is 5.91. The molecule has 1 aromatic heterocycles. The Morgan fingerprint density at radius 3 is 2.96 bits per heavy atom. The van der Waals surface area contributed by atoms with Crippen LogP contribution in [0.3, 0.4) is 0 Å². The zero-order valence-corrected chi connectivity index (χ0v) is 16.6. The molecule has 1 amide bonds. The first-order valence-corrected chi connectivity index (χ1v) is 11.1. The lowest BCUT2D eigenvalue weighted by Gasteiger charge is -2.21. The first-order valence-electron chi connectivity index (χ1n) is 8.30. The summed E-state index contributed by atoms with van der Waals surface area (Å²) in [7, 11) is -3.31. The van der Waals surface area contributed by atoms with E-state index in [9.17, 15) is 13.2 Å². The van der Waals surface area contributed by atoms with Crippen LogP contribution in [0.5, 0.6) is 0 Å². The fourth-order valence-electron chi connectivity index (χ4n) is 2.91. The highest BCUT2D eigenvalue weighted by atomic mass is 35.5. The molecule has 10 heteroatoms. The lowest BCUT2D eigenvalue weighted by atomic mass is 10.2.